The maximum atomic E-state index is 12.3. The summed E-state index contributed by atoms with van der Waals surface area (Å²) in [5.41, 5.74) is -0.464. The lowest BCUT2D eigenvalue weighted by Gasteiger charge is -2.36. The Labute approximate surface area is 109 Å². The largest absolute Gasteiger partial charge is 0.376 e. The van der Waals surface area contributed by atoms with Gasteiger partial charge in [-0.2, -0.15) is 0 Å². The van der Waals surface area contributed by atoms with Gasteiger partial charge in [-0.1, -0.05) is 6.92 Å². The quantitative estimate of drug-likeness (QED) is 0.712. The van der Waals surface area contributed by atoms with E-state index in [2.05, 4.69) is 6.92 Å². The Kier molecular flexibility index (Phi) is 5.74. The summed E-state index contributed by atoms with van der Waals surface area (Å²) in [7, 11) is 0. The molecule has 1 aliphatic heterocycles. The lowest BCUT2D eigenvalue weighted by Crippen LogP contribution is -2.48. The number of carbonyl (C=O) groups is 1. The van der Waals surface area contributed by atoms with E-state index in [4.69, 9.17) is 16.3 Å². The molecule has 1 atom stereocenters. The van der Waals surface area contributed by atoms with Gasteiger partial charge in [0, 0.05) is 25.6 Å². The zero-order chi connectivity index (χ0) is 12.9. The number of likely N-dealkylation sites (tertiary alicyclic amines) is 1. The standard InChI is InChI=1S/C13H24ClNO2/c1-4-8-17-11-6-5-7-15(9-11)12(16)13(2,3)10-14/h11H,4-10H2,1-3H3. The Balaban J connectivity index is 2.51. The van der Waals surface area contributed by atoms with Crippen LogP contribution in [0.2, 0.25) is 0 Å². The molecule has 1 fully saturated rings. The molecule has 17 heavy (non-hydrogen) atoms. The maximum Gasteiger partial charge on any atom is 0.229 e. The van der Waals surface area contributed by atoms with E-state index in [1.807, 2.05) is 18.7 Å². The molecule has 0 N–H and O–H groups in total. The van der Waals surface area contributed by atoms with Crippen molar-refractivity contribution in [3.8, 4) is 0 Å². The number of ether oxygens (including phenoxy) is 1. The molecule has 4 heteroatoms. The van der Waals surface area contributed by atoms with Crippen LogP contribution in [0.5, 0.6) is 0 Å². The van der Waals surface area contributed by atoms with E-state index in [-0.39, 0.29) is 12.0 Å². The molecule has 1 heterocycles. The molecule has 0 spiro atoms. The fraction of sp³-hybridized carbons (Fsp3) is 0.923. The zero-order valence-corrected chi connectivity index (χ0v) is 11.9. The third kappa shape index (κ3) is 4.14. The van der Waals surface area contributed by atoms with Crippen molar-refractivity contribution in [1.29, 1.82) is 0 Å². The van der Waals surface area contributed by atoms with Crippen LogP contribution in [-0.2, 0) is 9.53 Å². The van der Waals surface area contributed by atoms with Crippen molar-refractivity contribution in [2.45, 2.75) is 46.1 Å². The van der Waals surface area contributed by atoms with Gasteiger partial charge >= 0.3 is 0 Å². The maximum absolute atomic E-state index is 12.3. The van der Waals surface area contributed by atoms with Gasteiger partial charge in [0.15, 0.2) is 0 Å². The van der Waals surface area contributed by atoms with Crippen LogP contribution in [0.15, 0.2) is 0 Å². The number of rotatable bonds is 5. The molecule has 1 rings (SSSR count). The van der Waals surface area contributed by atoms with E-state index >= 15 is 0 Å². The van der Waals surface area contributed by atoms with Crippen LogP contribution in [-0.4, -0.2) is 42.5 Å². The molecule has 0 aromatic rings. The molecule has 0 bridgehead atoms. The molecule has 1 saturated heterocycles. The molecule has 1 aliphatic rings. The molecule has 1 amide bonds. The summed E-state index contributed by atoms with van der Waals surface area (Å²) in [6.07, 6.45) is 3.32. The van der Waals surface area contributed by atoms with Crippen LogP contribution < -0.4 is 0 Å². The molecule has 3 nitrogen and oxygen atoms in total. The summed E-state index contributed by atoms with van der Waals surface area (Å²) < 4.78 is 5.73. The topological polar surface area (TPSA) is 29.5 Å². The third-order valence-electron chi connectivity index (χ3n) is 3.14. The molecule has 0 aromatic heterocycles. The van der Waals surface area contributed by atoms with Gasteiger partial charge in [-0.05, 0) is 33.1 Å². The number of nitrogens with zero attached hydrogens (tertiary/aromatic N) is 1. The molecular formula is C13H24ClNO2. The van der Waals surface area contributed by atoms with Gasteiger partial charge in [-0.3, -0.25) is 4.79 Å². The first kappa shape index (κ1) is 14.8. The first-order chi connectivity index (χ1) is 8.01. The number of piperidine rings is 1. The zero-order valence-electron chi connectivity index (χ0n) is 11.2. The molecule has 1 unspecified atom stereocenters. The van der Waals surface area contributed by atoms with E-state index in [9.17, 15) is 4.79 Å². The highest BCUT2D eigenvalue weighted by Gasteiger charge is 2.33. The molecule has 100 valence electrons. The van der Waals surface area contributed by atoms with Crippen molar-refractivity contribution < 1.29 is 9.53 Å². The summed E-state index contributed by atoms with van der Waals surface area (Å²) in [6, 6.07) is 0. The summed E-state index contributed by atoms with van der Waals surface area (Å²) >= 11 is 5.85. The fourth-order valence-corrected chi connectivity index (χ4v) is 2.14. The highest BCUT2D eigenvalue weighted by molar-refractivity contribution is 6.19. The summed E-state index contributed by atoms with van der Waals surface area (Å²) in [6.45, 7) is 8.25. The fourth-order valence-electron chi connectivity index (χ4n) is 2.03. The van der Waals surface area contributed by atoms with Crippen LogP contribution in [0.25, 0.3) is 0 Å². The Morgan fingerprint density at radius 1 is 1.53 bits per heavy atom. The van der Waals surface area contributed by atoms with Crippen molar-refractivity contribution in [1.82, 2.24) is 4.90 Å². The Morgan fingerprint density at radius 3 is 2.82 bits per heavy atom. The van der Waals surface area contributed by atoms with Crippen molar-refractivity contribution in [2.24, 2.45) is 5.41 Å². The Bertz CT molecular complexity index is 256. The summed E-state index contributed by atoms with van der Waals surface area (Å²) in [4.78, 5) is 14.2. The third-order valence-corrected chi connectivity index (χ3v) is 3.80. The predicted octanol–water partition coefficient (Wildman–Crippen LogP) is 2.67. The smallest absolute Gasteiger partial charge is 0.229 e. The second-order valence-corrected chi connectivity index (χ2v) is 5.67. The molecule has 0 radical (unpaired) electrons. The summed E-state index contributed by atoms with van der Waals surface area (Å²) in [5, 5.41) is 0. The molecule has 0 saturated carbocycles. The Morgan fingerprint density at radius 2 is 2.24 bits per heavy atom. The molecule has 0 aliphatic carbocycles. The van der Waals surface area contributed by atoms with Crippen LogP contribution >= 0.6 is 11.6 Å². The van der Waals surface area contributed by atoms with Gasteiger partial charge in [-0.15, -0.1) is 11.6 Å². The van der Waals surface area contributed by atoms with Crippen molar-refractivity contribution >= 4 is 17.5 Å². The molecular weight excluding hydrogens is 238 g/mol. The van der Waals surface area contributed by atoms with E-state index in [0.29, 0.717) is 5.88 Å². The minimum Gasteiger partial charge on any atom is -0.376 e. The number of halogens is 1. The van der Waals surface area contributed by atoms with Crippen LogP contribution in [0.3, 0.4) is 0 Å². The van der Waals surface area contributed by atoms with Crippen LogP contribution in [0, 0.1) is 5.41 Å². The Hall–Kier alpha value is -0.280. The van der Waals surface area contributed by atoms with Crippen LogP contribution in [0.4, 0.5) is 0 Å². The van der Waals surface area contributed by atoms with Crippen molar-refractivity contribution in [2.75, 3.05) is 25.6 Å². The van der Waals surface area contributed by atoms with Crippen LogP contribution in [0.1, 0.15) is 40.0 Å². The summed E-state index contributed by atoms with van der Waals surface area (Å²) in [5.74, 6) is 0.514. The highest BCUT2D eigenvalue weighted by Crippen LogP contribution is 2.24. The normalized spacial score (nSPS) is 21.6. The van der Waals surface area contributed by atoms with E-state index in [1.165, 1.54) is 0 Å². The van der Waals surface area contributed by atoms with Gasteiger partial charge in [0.05, 0.1) is 11.5 Å². The molecule has 0 aromatic carbocycles. The lowest BCUT2D eigenvalue weighted by atomic mass is 9.93. The van der Waals surface area contributed by atoms with Gasteiger partial charge in [-0.25, -0.2) is 0 Å². The average molecular weight is 262 g/mol. The lowest BCUT2D eigenvalue weighted by molar-refractivity contribution is -0.143. The van der Waals surface area contributed by atoms with Crippen molar-refractivity contribution in [3.63, 3.8) is 0 Å². The van der Waals surface area contributed by atoms with E-state index < -0.39 is 5.41 Å². The highest BCUT2D eigenvalue weighted by atomic mass is 35.5. The monoisotopic (exact) mass is 261 g/mol. The first-order valence-electron chi connectivity index (χ1n) is 6.48. The predicted molar refractivity (Wildman–Crippen MR) is 70.3 cm³/mol. The minimum atomic E-state index is -0.464. The second kappa shape index (κ2) is 6.60. The van der Waals surface area contributed by atoms with Crippen molar-refractivity contribution in [3.05, 3.63) is 0 Å². The van der Waals surface area contributed by atoms with E-state index in [0.717, 1.165) is 39.0 Å². The minimum absolute atomic E-state index is 0.150. The SMILES string of the molecule is CCCOC1CCCN(C(=O)C(C)(C)CCl)C1. The number of hydrogen-bond acceptors (Lipinski definition) is 2. The van der Waals surface area contributed by atoms with E-state index in [1.54, 1.807) is 0 Å². The number of carbonyl (C=O) groups excluding carboxylic acids is 1. The van der Waals surface area contributed by atoms with Gasteiger partial charge in [0.1, 0.15) is 0 Å². The van der Waals surface area contributed by atoms with Gasteiger partial charge in [0.25, 0.3) is 0 Å². The van der Waals surface area contributed by atoms with Gasteiger partial charge < -0.3 is 9.64 Å². The number of amides is 1. The number of hydrogen-bond donors (Lipinski definition) is 0. The average Bonchev–Trinajstić information content (AvgIpc) is 2.35. The number of alkyl halides is 1. The second-order valence-electron chi connectivity index (χ2n) is 5.40. The van der Waals surface area contributed by atoms with Gasteiger partial charge in [0.2, 0.25) is 5.91 Å². The first-order valence-corrected chi connectivity index (χ1v) is 7.01.